The number of amides is 2. The quantitative estimate of drug-likeness (QED) is 0.237. The standard InChI is InChI=1S/C32H28N8O2/c1-2-27(41)36-26-13-12-21(17-33-26)22-16-24-29(38-39-30(24)34-18-22)31-35-25-7-5-6-23(28(25)37-31)19-8-10-20(11-9-19)32(42)40-14-3-4-15-40/h5-13,16-18H,2-4,14-15H2,1H3,(H,35,37)(H,33,36,41)(H,34,38,39). The number of carbonyl (C=O) groups is 2. The maximum absolute atomic E-state index is 12.8. The normalized spacial score (nSPS) is 13.2. The molecule has 1 aliphatic heterocycles. The van der Waals surface area contributed by atoms with Crippen LogP contribution in [-0.4, -0.2) is 59.9 Å². The molecule has 42 heavy (non-hydrogen) atoms. The monoisotopic (exact) mass is 556 g/mol. The van der Waals surface area contributed by atoms with E-state index in [-0.39, 0.29) is 11.8 Å². The Hall–Kier alpha value is -5.38. The molecular formula is C32H28N8O2. The highest BCUT2D eigenvalue weighted by atomic mass is 16.2. The van der Waals surface area contributed by atoms with E-state index in [1.807, 2.05) is 59.5 Å². The van der Waals surface area contributed by atoms with Gasteiger partial charge in [-0.05, 0) is 54.8 Å². The van der Waals surface area contributed by atoms with Gasteiger partial charge in [-0.2, -0.15) is 5.10 Å². The fourth-order valence-electron chi connectivity index (χ4n) is 5.38. The third kappa shape index (κ3) is 4.66. The number of carbonyl (C=O) groups excluding carboxylic acids is 2. The van der Waals surface area contributed by atoms with Gasteiger partial charge in [-0.1, -0.05) is 31.2 Å². The fourth-order valence-corrected chi connectivity index (χ4v) is 5.38. The molecule has 10 nitrogen and oxygen atoms in total. The lowest BCUT2D eigenvalue weighted by atomic mass is 10.0. The molecule has 0 atom stereocenters. The molecule has 2 aromatic carbocycles. The Morgan fingerprint density at radius 3 is 2.48 bits per heavy atom. The zero-order chi connectivity index (χ0) is 28.6. The Labute approximate surface area is 241 Å². The molecule has 6 aromatic rings. The molecule has 0 radical (unpaired) electrons. The first-order valence-corrected chi connectivity index (χ1v) is 14.1. The van der Waals surface area contributed by atoms with E-state index >= 15 is 0 Å². The Kier molecular flexibility index (Phi) is 6.42. The Morgan fingerprint density at radius 1 is 0.929 bits per heavy atom. The number of likely N-dealkylation sites (tertiary alicyclic amines) is 1. The van der Waals surface area contributed by atoms with Gasteiger partial charge < -0.3 is 15.2 Å². The number of rotatable bonds is 6. The Balaban J connectivity index is 1.20. The van der Waals surface area contributed by atoms with Crippen LogP contribution in [-0.2, 0) is 4.79 Å². The average molecular weight is 557 g/mol. The second kappa shape index (κ2) is 10.5. The largest absolute Gasteiger partial charge is 0.339 e. The topological polar surface area (TPSA) is 133 Å². The van der Waals surface area contributed by atoms with Gasteiger partial charge in [-0.15, -0.1) is 0 Å². The predicted octanol–water partition coefficient (Wildman–Crippen LogP) is 5.81. The number of anilines is 1. The van der Waals surface area contributed by atoms with Crippen molar-refractivity contribution in [2.45, 2.75) is 26.2 Å². The molecule has 0 unspecified atom stereocenters. The van der Waals surface area contributed by atoms with Gasteiger partial charge in [0, 0.05) is 54.2 Å². The van der Waals surface area contributed by atoms with E-state index in [4.69, 9.17) is 4.98 Å². The van der Waals surface area contributed by atoms with Gasteiger partial charge in [-0.3, -0.25) is 14.7 Å². The van der Waals surface area contributed by atoms with E-state index in [0.717, 1.165) is 64.6 Å². The van der Waals surface area contributed by atoms with E-state index < -0.39 is 0 Å². The summed E-state index contributed by atoms with van der Waals surface area (Å²) in [6.07, 6.45) is 6.01. The number of pyridine rings is 2. The van der Waals surface area contributed by atoms with E-state index in [0.29, 0.717) is 35.0 Å². The third-order valence-electron chi connectivity index (χ3n) is 7.67. The summed E-state index contributed by atoms with van der Waals surface area (Å²) < 4.78 is 0. The Morgan fingerprint density at radius 2 is 1.71 bits per heavy atom. The molecule has 3 N–H and O–H groups in total. The van der Waals surface area contributed by atoms with Crippen molar-refractivity contribution in [3.8, 4) is 33.8 Å². The smallest absolute Gasteiger partial charge is 0.253 e. The molecule has 1 fully saturated rings. The van der Waals surface area contributed by atoms with Crippen molar-refractivity contribution in [3.05, 3.63) is 78.6 Å². The second-order valence-corrected chi connectivity index (χ2v) is 10.4. The van der Waals surface area contributed by atoms with E-state index in [9.17, 15) is 9.59 Å². The molecule has 7 rings (SSSR count). The van der Waals surface area contributed by atoms with Crippen LogP contribution >= 0.6 is 0 Å². The summed E-state index contributed by atoms with van der Waals surface area (Å²) in [6, 6.07) is 19.5. The molecule has 10 heteroatoms. The number of nitrogens with one attached hydrogen (secondary N) is 3. The minimum atomic E-state index is -0.0833. The Bertz CT molecular complexity index is 1930. The van der Waals surface area contributed by atoms with E-state index in [1.165, 1.54) is 0 Å². The first-order valence-electron chi connectivity index (χ1n) is 14.1. The van der Waals surface area contributed by atoms with Gasteiger partial charge >= 0.3 is 0 Å². The van der Waals surface area contributed by atoms with Crippen molar-refractivity contribution < 1.29 is 9.59 Å². The summed E-state index contributed by atoms with van der Waals surface area (Å²) in [7, 11) is 0. The van der Waals surface area contributed by atoms with Gasteiger partial charge in [0.25, 0.3) is 5.91 Å². The van der Waals surface area contributed by atoms with Crippen LogP contribution < -0.4 is 5.32 Å². The first kappa shape index (κ1) is 25.6. The van der Waals surface area contributed by atoms with E-state index in [2.05, 4.69) is 30.5 Å². The lowest BCUT2D eigenvalue weighted by molar-refractivity contribution is -0.115. The number of hydrogen-bond donors (Lipinski definition) is 3. The van der Waals surface area contributed by atoms with Crippen LogP contribution in [0.1, 0.15) is 36.5 Å². The number of H-pyrrole nitrogens is 2. The van der Waals surface area contributed by atoms with Crippen LogP contribution in [0, 0.1) is 0 Å². The molecule has 0 spiro atoms. The van der Waals surface area contributed by atoms with E-state index in [1.54, 1.807) is 25.4 Å². The summed E-state index contributed by atoms with van der Waals surface area (Å²) in [5, 5.41) is 11.1. The molecule has 0 saturated carbocycles. The van der Waals surface area contributed by atoms with Crippen LogP contribution in [0.15, 0.2) is 73.1 Å². The molecule has 4 aromatic heterocycles. The summed E-state index contributed by atoms with van der Waals surface area (Å²) in [5.41, 5.74) is 7.40. The summed E-state index contributed by atoms with van der Waals surface area (Å²) in [6.45, 7) is 3.46. The fraction of sp³-hybridized carbons (Fsp3) is 0.188. The number of imidazole rings is 1. The van der Waals surface area contributed by atoms with Gasteiger partial charge in [0.1, 0.15) is 11.5 Å². The van der Waals surface area contributed by atoms with Crippen LogP contribution in [0.5, 0.6) is 0 Å². The number of hydrogen-bond acceptors (Lipinski definition) is 6. The summed E-state index contributed by atoms with van der Waals surface area (Å²) >= 11 is 0. The van der Waals surface area contributed by atoms with Gasteiger partial charge in [-0.25, -0.2) is 15.0 Å². The van der Waals surface area contributed by atoms with Crippen LogP contribution in [0.3, 0.4) is 0 Å². The number of aromatic nitrogens is 6. The lowest BCUT2D eigenvalue weighted by Gasteiger charge is -2.15. The highest BCUT2D eigenvalue weighted by Crippen LogP contribution is 2.33. The van der Waals surface area contributed by atoms with Crippen LogP contribution in [0.25, 0.3) is 55.8 Å². The molecule has 1 saturated heterocycles. The lowest BCUT2D eigenvalue weighted by Crippen LogP contribution is -2.27. The molecule has 0 aliphatic carbocycles. The molecular weight excluding hydrogens is 528 g/mol. The van der Waals surface area contributed by atoms with Crippen molar-refractivity contribution >= 4 is 39.7 Å². The number of nitrogens with zero attached hydrogens (tertiary/aromatic N) is 5. The third-order valence-corrected chi connectivity index (χ3v) is 7.67. The predicted molar refractivity (Wildman–Crippen MR) is 162 cm³/mol. The maximum Gasteiger partial charge on any atom is 0.253 e. The molecule has 5 heterocycles. The van der Waals surface area contributed by atoms with Crippen molar-refractivity contribution in [2.24, 2.45) is 0 Å². The minimum absolute atomic E-state index is 0.0833. The zero-order valence-electron chi connectivity index (χ0n) is 23.0. The van der Waals surface area contributed by atoms with Crippen LogP contribution in [0.2, 0.25) is 0 Å². The molecule has 2 amide bonds. The van der Waals surface area contributed by atoms with Gasteiger partial charge in [0.05, 0.1) is 16.4 Å². The molecule has 0 bridgehead atoms. The molecule has 1 aliphatic rings. The van der Waals surface area contributed by atoms with Crippen molar-refractivity contribution in [1.29, 1.82) is 0 Å². The van der Waals surface area contributed by atoms with Crippen molar-refractivity contribution in [3.63, 3.8) is 0 Å². The minimum Gasteiger partial charge on any atom is -0.339 e. The number of fused-ring (bicyclic) bond motifs is 2. The van der Waals surface area contributed by atoms with Crippen LogP contribution in [0.4, 0.5) is 5.82 Å². The zero-order valence-corrected chi connectivity index (χ0v) is 23.0. The second-order valence-electron chi connectivity index (χ2n) is 10.4. The van der Waals surface area contributed by atoms with Crippen molar-refractivity contribution in [2.75, 3.05) is 18.4 Å². The highest BCUT2D eigenvalue weighted by Gasteiger charge is 2.20. The summed E-state index contributed by atoms with van der Waals surface area (Å²) in [5.74, 6) is 1.14. The number of benzene rings is 2. The summed E-state index contributed by atoms with van der Waals surface area (Å²) in [4.78, 5) is 43.7. The van der Waals surface area contributed by atoms with Gasteiger partial charge in [0.2, 0.25) is 5.91 Å². The van der Waals surface area contributed by atoms with Gasteiger partial charge in [0.15, 0.2) is 11.5 Å². The first-order chi connectivity index (χ1) is 20.6. The SMILES string of the molecule is CCC(=O)Nc1ccc(-c2cnc3[nH]nc(-c4nc5c(-c6ccc(C(=O)N7CCCC7)cc6)cccc5[nH]4)c3c2)cn1. The maximum atomic E-state index is 12.8. The average Bonchev–Trinajstić information content (AvgIpc) is 3.80. The highest BCUT2D eigenvalue weighted by molar-refractivity contribution is 5.99. The van der Waals surface area contributed by atoms with Crippen molar-refractivity contribution in [1.82, 2.24) is 35.0 Å². The number of aromatic amines is 2. The number of para-hydroxylation sites is 1. The molecule has 208 valence electrons.